The van der Waals surface area contributed by atoms with Crippen LogP contribution in [-0.4, -0.2) is 23.0 Å². The Morgan fingerprint density at radius 2 is 0.434 bits per heavy atom. The Morgan fingerprint density at radius 3 is 0.642 bits per heavy atom. The molecule has 0 aliphatic heterocycles. The minimum absolute atomic E-state index is 0.931. The second-order valence-electron chi connectivity index (χ2n) is 17.5. The first-order valence-corrected chi connectivity index (χ1v) is 27.9. The number of hydrogen-bond donors (Lipinski definition) is 0. The lowest BCUT2D eigenvalue weighted by Crippen LogP contribution is -2.02. The van der Waals surface area contributed by atoms with E-state index in [0.717, 1.165) is 5.25 Å². The molecule has 1 atom stereocenters. The van der Waals surface area contributed by atoms with Gasteiger partial charge in [0.15, 0.2) is 0 Å². The van der Waals surface area contributed by atoms with Crippen LogP contribution < -0.4 is 0 Å². The molecule has 0 saturated heterocycles. The third-order valence-electron chi connectivity index (χ3n) is 12.2. The maximum Gasteiger partial charge on any atom is 0.00442 e. The van der Waals surface area contributed by atoms with Crippen molar-refractivity contribution >= 4 is 23.5 Å². The first-order valence-electron chi connectivity index (χ1n) is 25.5. The zero-order valence-corrected chi connectivity index (χ0v) is 39.3. The van der Waals surface area contributed by atoms with Crippen molar-refractivity contribution < 1.29 is 0 Å². The highest BCUT2D eigenvalue weighted by molar-refractivity contribution is 7.99. The van der Waals surface area contributed by atoms with Gasteiger partial charge in [0.1, 0.15) is 0 Å². The van der Waals surface area contributed by atoms with E-state index in [2.05, 4.69) is 43.6 Å². The fraction of sp³-hybridized carbons (Fsp3) is 1.00. The van der Waals surface area contributed by atoms with E-state index in [0.29, 0.717) is 0 Å². The maximum atomic E-state index is 2.36. The summed E-state index contributed by atoms with van der Waals surface area (Å²) >= 11 is 4.38. The van der Waals surface area contributed by atoms with E-state index in [-0.39, 0.29) is 0 Å². The Labute approximate surface area is 347 Å². The van der Waals surface area contributed by atoms with E-state index in [1.807, 2.05) is 0 Å². The normalized spacial score (nSPS) is 12.3. The molecule has 0 radical (unpaired) electrons. The Kier molecular flexibility index (Phi) is 51.4. The highest BCUT2D eigenvalue weighted by Crippen LogP contribution is 2.23. The van der Waals surface area contributed by atoms with E-state index >= 15 is 0 Å². The Bertz CT molecular complexity index is 605. The summed E-state index contributed by atoms with van der Waals surface area (Å²) in [6, 6.07) is 0. The molecule has 0 N–H and O–H groups in total. The lowest BCUT2D eigenvalue weighted by Gasteiger charge is -2.14. The molecule has 0 aliphatic rings. The summed E-state index contributed by atoms with van der Waals surface area (Å²) in [5, 5.41) is 0.931. The molecule has 0 heterocycles. The minimum atomic E-state index is 0.931. The van der Waals surface area contributed by atoms with Crippen LogP contribution in [0.3, 0.4) is 0 Å². The summed E-state index contributed by atoms with van der Waals surface area (Å²) in [4.78, 5) is 0. The summed E-state index contributed by atoms with van der Waals surface area (Å²) in [5.74, 6) is 2.83. The molecular formula is C51H104S2. The fourth-order valence-corrected chi connectivity index (χ4v) is 10.1. The monoisotopic (exact) mass is 781 g/mol. The molecule has 0 aliphatic carbocycles. The number of rotatable bonds is 49. The standard InChI is InChI=1S/C51H104S2/c1-4-6-8-10-12-14-16-18-25-29-33-37-41-45-49-53-50-46-42-38-34-30-26-22-20-19-21-24-28-32-36-40-44-48-51(52-3)47-43-39-35-31-27-23-17-15-13-11-9-7-5-2/h51H,4-50H2,1-3H3. The average Bonchev–Trinajstić information content (AvgIpc) is 3.17. The molecule has 0 aromatic rings. The summed E-state index contributed by atoms with van der Waals surface area (Å²) in [7, 11) is 0. The van der Waals surface area contributed by atoms with Crippen LogP contribution in [0.4, 0.5) is 0 Å². The van der Waals surface area contributed by atoms with E-state index in [9.17, 15) is 0 Å². The average molecular weight is 782 g/mol. The van der Waals surface area contributed by atoms with Gasteiger partial charge in [-0.05, 0) is 43.4 Å². The van der Waals surface area contributed by atoms with Gasteiger partial charge >= 0.3 is 0 Å². The number of hydrogen-bond acceptors (Lipinski definition) is 2. The van der Waals surface area contributed by atoms with Crippen molar-refractivity contribution in [3.63, 3.8) is 0 Å². The van der Waals surface area contributed by atoms with Crippen LogP contribution in [0.25, 0.3) is 0 Å². The topological polar surface area (TPSA) is 0 Å². The maximum absolute atomic E-state index is 2.36. The molecule has 0 rings (SSSR count). The quantitative estimate of drug-likeness (QED) is 0.0564. The third kappa shape index (κ3) is 48.8. The first kappa shape index (κ1) is 53.7. The van der Waals surface area contributed by atoms with Crippen LogP contribution >= 0.6 is 23.5 Å². The van der Waals surface area contributed by atoms with Gasteiger partial charge in [-0.3, -0.25) is 0 Å². The summed E-state index contributed by atoms with van der Waals surface area (Å²) in [6.45, 7) is 4.63. The number of unbranched alkanes of at least 4 members (excludes halogenated alkanes) is 40. The van der Waals surface area contributed by atoms with E-state index in [4.69, 9.17) is 0 Å². The van der Waals surface area contributed by atoms with Gasteiger partial charge in [-0.1, -0.05) is 277 Å². The fourth-order valence-electron chi connectivity index (χ4n) is 8.32. The lowest BCUT2D eigenvalue weighted by molar-refractivity contribution is 0.516. The van der Waals surface area contributed by atoms with E-state index in [1.165, 1.54) is 300 Å². The largest absolute Gasteiger partial charge is 0.162 e. The molecule has 0 aromatic heterocycles. The van der Waals surface area contributed by atoms with E-state index in [1.54, 1.807) is 0 Å². The van der Waals surface area contributed by atoms with Crippen molar-refractivity contribution in [1.29, 1.82) is 0 Å². The second-order valence-corrected chi connectivity index (χ2v) is 19.9. The summed E-state index contributed by atoms with van der Waals surface area (Å²) < 4.78 is 0. The minimum Gasteiger partial charge on any atom is -0.162 e. The third-order valence-corrected chi connectivity index (χ3v) is 14.5. The van der Waals surface area contributed by atoms with Crippen molar-refractivity contribution in [2.24, 2.45) is 0 Å². The zero-order chi connectivity index (χ0) is 38.2. The van der Waals surface area contributed by atoms with Gasteiger partial charge in [-0.2, -0.15) is 23.5 Å². The molecule has 0 spiro atoms. The van der Waals surface area contributed by atoms with Gasteiger partial charge in [-0.15, -0.1) is 0 Å². The van der Waals surface area contributed by atoms with Crippen LogP contribution in [0.1, 0.15) is 303 Å². The van der Waals surface area contributed by atoms with Crippen molar-refractivity contribution in [2.75, 3.05) is 17.8 Å². The molecule has 0 bridgehead atoms. The van der Waals surface area contributed by atoms with Crippen molar-refractivity contribution in [3.05, 3.63) is 0 Å². The molecule has 53 heavy (non-hydrogen) atoms. The predicted molar refractivity (Wildman–Crippen MR) is 254 cm³/mol. The Morgan fingerprint density at radius 1 is 0.245 bits per heavy atom. The van der Waals surface area contributed by atoms with Crippen LogP contribution in [0.15, 0.2) is 0 Å². The molecule has 1 unspecified atom stereocenters. The van der Waals surface area contributed by atoms with E-state index < -0.39 is 0 Å². The van der Waals surface area contributed by atoms with Crippen molar-refractivity contribution in [3.8, 4) is 0 Å². The van der Waals surface area contributed by atoms with Gasteiger partial charge in [-0.25, -0.2) is 0 Å². The Hall–Kier alpha value is 0.700. The molecule has 320 valence electrons. The van der Waals surface area contributed by atoms with Crippen molar-refractivity contribution in [2.45, 2.75) is 308 Å². The Balaban J connectivity index is 3.18. The first-order chi connectivity index (χ1) is 26.3. The van der Waals surface area contributed by atoms with Gasteiger partial charge in [0.2, 0.25) is 0 Å². The molecule has 0 fully saturated rings. The second kappa shape index (κ2) is 50.7. The molecule has 0 amide bonds. The highest BCUT2D eigenvalue weighted by atomic mass is 32.2. The van der Waals surface area contributed by atoms with Gasteiger partial charge in [0, 0.05) is 5.25 Å². The SMILES string of the molecule is CCCCCCCCCCCCCCCCSCCCCCCCCCCCCCCCCCCC(CCCCCCCCCCCCCCC)SC. The smallest absolute Gasteiger partial charge is 0.00442 e. The van der Waals surface area contributed by atoms with Gasteiger partial charge in [0.25, 0.3) is 0 Å². The van der Waals surface area contributed by atoms with Crippen molar-refractivity contribution in [1.82, 2.24) is 0 Å². The van der Waals surface area contributed by atoms with Crippen LogP contribution in [0.5, 0.6) is 0 Å². The van der Waals surface area contributed by atoms with Crippen LogP contribution in [-0.2, 0) is 0 Å². The summed E-state index contributed by atoms with van der Waals surface area (Å²) in [5.41, 5.74) is 0. The highest BCUT2D eigenvalue weighted by Gasteiger charge is 2.07. The summed E-state index contributed by atoms with van der Waals surface area (Å²) in [6.07, 6.45) is 68.7. The molecule has 0 nitrogen and oxygen atoms in total. The molecular weight excluding hydrogens is 677 g/mol. The lowest BCUT2D eigenvalue weighted by atomic mass is 10.0. The van der Waals surface area contributed by atoms with Gasteiger partial charge in [0.05, 0.1) is 0 Å². The molecule has 2 heteroatoms. The molecule has 0 saturated carbocycles. The molecule has 0 aromatic carbocycles. The number of thioether (sulfide) groups is 2. The zero-order valence-electron chi connectivity index (χ0n) is 37.6. The predicted octanol–water partition coefficient (Wildman–Crippen LogP) is 20.0. The van der Waals surface area contributed by atoms with Gasteiger partial charge < -0.3 is 0 Å². The van der Waals surface area contributed by atoms with Crippen LogP contribution in [0, 0.1) is 0 Å². The van der Waals surface area contributed by atoms with Crippen LogP contribution in [0.2, 0.25) is 0 Å².